The van der Waals surface area contributed by atoms with E-state index in [1.807, 2.05) is 24.3 Å². The zero-order chi connectivity index (χ0) is 20.7. The average molecular weight is 390 g/mol. The van der Waals surface area contributed by atoms with E-state index in [0.29, 0.717) is 30.6 Å². The molecule has 5 nitrogen and oxygen atoms in total. The smallest absolute Gasteiger partial charge is 0.292 e. The molecule has 1 aromatic carbocycles. The first-order valence-electron chi connectivity index (χ1n) is 10.8. The van der Waals surface area contributed by atoms with Gasteiger partial charge in [-0.3, -0.25) is 9.59 Å². The van der Waals surface area contributed by atoms with Crippen molar-refractivity contribution in [3.8, 4) is 5.75 Å². The zero-order valence-electron chi connectivity index (χ0n) is 18.2. The molecule has 1 N–H and O–H groups in total. The summed E-state index contributed by atoms with van der Waals surface area (Å²) in [5.74, 6) is 1.79. The van der Waals surface area contributed by atoms with Crippen molar-refractivity contribution in [2.24, 2.45) is 11.8 Å². The number of nitrogens with zero attached hydrogens (tertiary/aromatic N) is 1. The molecule has 156 valence electrons. The molecule has 0 bridgehead atoms. The molecule has 1 fully saturated rings. The Morgan fingerprint density at radius 2 is 1.61 bits per heavy atom. The maximum atomic E-state index is 13.2. The van der Waals surface area contributed by atoms with Crippen molar-refractivity contribution in [3.63, 3.8) is 0 Å². The number of rotatable bonds is 11. The van der Waals surface area contributed by atoms with Crippen LogP contribution in [0.1, 0.15) is 60.3 Å². The Labute approximate surface area is 170 Å². The molecule has 1 heterocycles. The fourth-order valence-electron chi connectivity index (χ4n) is 3.56. The van der Waals surface area contributed by atoms with Crippen LogP contribution >= 0.6 is 0 Å². The number of carbonyl (C=O) groups excluding carboxylic acids is 2. The van der Waals surface area contributed by atoms with Crippen LogP contribution in [0.2, 0.25) is 0 Å². The first-order chi connectivity index (χ1) is 13.3. The van der Waals surface area contributed by atoms with Crippen LogP contribution in [-0.2, 0) is 9.59 Å². The molecule has 0 aromatic heterocycles. The molecule has 1 aliphatic heterocycles. The van der Waals surface area contributed by atoms with Gasteiger partial charge in [0.15, 0.2) is 6.04 Å². The lowest BCUT2D eigenvalue weighted by Crippen LogP contribution is -3.16. The first kappa shape index (κ1) is 22.4. The Balaban J connectivity index is 2.12. The topological polar surface area (TPSA) is 51.0 Å². The number of imide groups is 1. The molecule has 0 aliphatic carbocycles. The van der Waals surface area contributed by atoms with Gasteiger partial charge in [-0.2, -0.15) is 0 Å². The first-order valence-corrected chi connectivity index (χ1v) is 10.8. The highest BCUT2D eigenvalue weighted by atomic mass is 16.5. The highest BCUT2D eigenvalue weighted by Gasteiger charge is 2.45. The summed E-state index contributed by atoms with van der Waals surface area (Å²) in [7, 11) is 0. The third kappa shape index (κ3) is 6.06. The van der Waals surface area contributed by atoms with Crippen molar-refractivity contribution < 1.29 is 19.2 Å². The molecule has 5 heteroatoms. The van der Waals surface area contributed by atoms with Gasteiger partial charge in [0.05, 0.1) is 31.8 Å². The summed E-state index contributed by atoms with van der Waals surface area (Å²) in [6.07, 6.45) is 3.38. The fourth-order valence-corrected chi connectivity index (χ4v) is 3.56. The van der Waals surface area contributed by atoms with Gasteiger partial charge in [-0.05, 0) is 55.4 Å². The molecule has 0 saturated carbocycles. The second kappa shape index (κ2) is 10.6. The van der Waals surface area contributed by atoms with E-state index < -0.39 is 0 Å². The maximum Gasteiger partial charge on any atom is 0.292 e. The van der Waals surface area contributed by atoms with E-state index in [0.717, 1.165) is 38.1 Å². The lowest BCUT2D eigenvalue weighted by atomic mass is 10.1. The molecule has 0 unspecified atom stereocenters. The second-order valence-electron chi connectivity index (χ2n) is 8.69. The van der Waals surface area contributed by atoms with Gasteiger partial charge >= 0.3 is 0 Å². The normalized spacial score (nSPS) is 17.4. The van der Waals surface area contributed by atoms with Crippen LogP contribution in [0.4, 0.5) is 5.69 Å². The number of ether oxygens (including phenoxy) is 1. The lowest BCUT2D eigenvalue weighted by molar-refractivity contribution is -0.916. The molecule has 1 aliphatic rings. The molecule has 28 heavy (non-hydrogen) atoms. The maximum absolute atomic E-state index is 13.2. The van der Waals surface area contributed by atoms with Gasteiger partial charge in [-0.1, -0.05) is 34.6 Å². The Kier molecular flexibility index (Phi) is 8.49. The van der Waals surface area contributed by atoms with Crippen LogP contribution in [0.3, 0.4) is 0 Å². The third-order valence-corrected chi connectivity index (χ3v) is 5.29. The number of carbonyl (C=O) groups is 2. The Morgan fingerprint density at radius 1 is 1.04 bits per heavy atom. The minimum absolute atomic E-state index is 0.0604. The third-order valence-electron chi connectivity index (χ3n) is 5.29. The molecular formula is C23H37N2O3+. The van der Waals surface area contributed by atoms with E-state index in [2.05, 4.69) is 34.6 Å². The van der Waals surface area contributed by atoms with Gasteiger partial charge in [-0.15, -0.1) is 0 Å². The molecule has 0 spiro atoms. The fraction of sp³-hybridized carbons (Fsp3) is 0.652. The van der Waals surface area contributed by atoms with Crippen molar-refractivity contribution >= 4 is 17.5 Å². The largest absolute Gasteiger partial charge is 0.494 e. The number of hydrogen-bond donors (Lipinski definition) is 1. The standard InChI is InChI=1S/C23H36N2O3/c1-6-15-28-20-9-7-19(8-10-20)25-22(26)16-21(23(25)27)24(13-11-17(2)3)14-12-18(4)5/h7-10,17-18,21H,6,11-16H2,1-5H3/p+1/t21-/m0/s1. The van der Waals surface area contributed by atoms with E-state index in [4.69, 9.17) is 4.74 Å². The van der Waals surface area contributed by atoms with Crippen molar-refractivity contribution in [3.05, 3.63) is 24.3 Å². The summed E-state index contributed by atoms with van der Waals surface area (Å²) in [4.78, 5) is 28.5. The minimum Gasteiger partial charge on any atom is -0.494 e. The summed E-state index contributed by atoms with van der Waals surface area (Å²) < 4.78 is 5.60. The van der Waals surface area contributed by atoms with Crippen LogP contribution in [0.15, 0.2) is 24.3 Å². The van der Waals surface area contributed by atoms with Crippen LogP contribution in [0.5, 0.6) is 5.75 Å². The predicted octanol–water partition coefficient (Wildman–Crippen LogP) is 3.08. The SMILES string of the molecule is CCCOc1ccc(N2C(=O)C[C@H]([NH+](CCC(C)C)CCC(C)C)C2=O)cc1. The molecule has 2 amide bonds. The van der Waals surface area contributed by atoms with Crippen LogP contribution < -0.4 is 14.5 Å². The number of quaternary nitrogens is 1. The lowest BCUT2D eigenvalue weighted by Gasteiger charge is -2.26. The van der Waals surface area contributed by atoms with E-state index in [-0.39, 0.29) is 17.9 Å². The van der Waals surface area contributed by atoms with Crippen molar-refractivity contribution in [1.29, 1.82) is 0 Å². The minimum atomic E-state index is -0.263. The van der Waals surface area contributed by atoms with Crippen LogP contribution in [0.25, 0.3) is 0 Å². The van der Waals surface area contributed by atoms with E-state index in [1.54, 1.807) is 0 Å². The average Bonchev–Trinajstić information content (AvgIpc) is 2.94. The summed E-state index contributed by atoms with van der Waals surface area (Å²) in [5.41, 5.74) is 0.647. The highest BCUT2D eigenvalue weighted by Crippen LogP contribution is 2.24. The van der Waals surface area contributed by atoms with E-state index >= 15 is 0 Å². The van der Waals surface area contributed by atoms with Crippen molar-refractivity contribution in [2.45, 2.75) is 66.3 Å². The number of anilines is 1. The molecule has 0 radical (unpaired) electrons. The van der Waals surface area contributed by atoms with Gasteiger partial charge < -0.3 is 9.64 Å². The molecular weight excluding hydrogens is 352 g/mol. The summed E-state index contributed by atoms with van der Waals surface area (Å²) >= 11 is 0. The van der Waals surface area contributed by atoms with Gasteiger partial charge in [0.2, 0.25) is 5.91 Å². The number of nitrogens with one attached hydrogen (secondary N) is 1. The molecule has 1 aromatic rings. The summed E-state index contributed by atoms with van der Waals surface area (Å²) in [6.45, 7) is 13.4. The molecule has 2 rings (SSSR count). The number of amides is 2. The van der Waals surface area contributed by atoms with Gasteiger partial charge in [0.1, 0.15) is 5.75 Å². The van der Waals surface area contributed by atoms with Gasteiger partial charge in [0, 0.05) is 0 Å². The van der Waals surface area contributed by atoms with Crippen LogP contribution in [-0.4, -0.2) is 37.6 Å². The zero-order valence-corrected chi connectivity index (χ0v) is 18.2. The Hall–Kier alpha value is -1.88. The van der Waals surface area contributed by atoms with Gasteiger partial charge in [0.25, 0.3) is 5.91 Å². The molecule has 1 saturated heterocycles. The van der Waals surface area contributed by atoms with Crippen LogP contribution in [0, 0.1) is 11.8 Å². The molecule has 1 atom stereocenters. The number of benzene rings is 1. The monoisotopic (exact) mass is 389 g/mol. The van der Waals surface area contributed by atoms with E-state index in [1.165, 1.54) is 9.80 Å². The van der Waals surface area contributed by atoms with Gasteiger partial charge in [-0.25, -0.2) is 4.90 Å². The quantitative estimate of drug-likeness (QED) is 0.592. The Morgan fingerprint density at radius 3 is 2.11 bits per heavy atom. The predicted molar refractivity (Wildman–Crippen MR) is 113 cm³/mol. The second-order valence-corrected chi connectivity index (χ2v) is 8.69. The van der Waals surface area contributed by atoms with E-state index in [9.17, 15) is 9.59 Å². The summed E-state index contributed by atoms with van der Waals surface area (Å²) in [6, 6.07) is 7.03. The Bertz CT molecular complexity index is 628. The highest BCUT2D eigenvalue weighted by molar-refractivity contribution is 6.21. The summed E-state index contributed by atoms with van der Waals surface area (Å²) in [5, 5.41) is 0. The van der Waals surface area contributed by atoms with Crippen molar-refractivity contribution in [2.75, 3.05) is 24.6 Å². The van der Waals surface area contributed by atoms with Crippen molar-refractivity contribution in [1.82, 2.24) is 0 Å². The number of hydrogen-bond acceptors (Lipinski definition) is 3.